The lowest BCUT2D eigenvalue weighted by molar-refractivity contribution is -0.136. The van der Waals surface area contributed by atoms with Crippen LogP contribution < -0.4 is 4.90 Å². The number of hydrogen-bond acceptors (Lipinski definition) is 7. The summed E-state index contributed by atoms with van der Waals surface area (Å²) in [7, 11) is 1.71. The van der Waals surface area contributed by atoms with Gasteiger partial charge in [-0.05, 0) is 25.1 Å². The van der Waals surface area contributed by atoms with Gasteiger partial charge in [-0.3, -0.25) is 0 Å². The molecule has 30 heavy (non-hydrogen) atoms. The van der Waals surface area contributed by atoms with E-state index < -0.39 is 17.8 Å². The van der Waals surface area contributed by atoms with Crippen LogP contribution in [-0.4, -0.2) is 41.7 Å². The summed E-state index contributed by atoms with van der Waals surface area (Å²) in [6.45, 7) is 1.83. The number of halogens is 4. The zero-order chi connectivity index (χ0) is 21.5. The van der Waals surface area contributed by atoms with Crippen molar-refractivity contribution in [2.45, 2.75) is 19.1 Å². The van der Waals surface area contributed by atoms with Gasteiger partial charge in [-0.15, -0.1) is 0 Å². The van der Waals surface area contributed by atoms with Crippen molar-refractivity contribution in [1.29, 1.82) is 0 Å². The Morgan fingerprint density at radius 1 is 1.03 bits per heavy atom. The largest absolute Gasteiger partial charge is 0.418 e. The van der Waals surface area contributed by atoms with Gasteiger partial charge in [0.25, 0.3) is 5.95 Å². The van der Waals surface area contributed by atoms with Crippen LogP contribution in [0.4, 0.5) is 19.0 Å². The van der Waals surface area contributed by atoms with E-state index in [9.17, 15) is 13.2 Å². The molecule has 0 unspecified atom stereocenters. The van der Waals surface area contributed by atoms with E-state index in [1.165, 1.54) is 11.0 Å². The lowest BCUT2D eigenvalue weighted by Crippen LogP contribution is -2.26. The molecule has 0 aliphatic rings. The maximum atomic E-state index is 13.5. The summed E-state index contributed by atoms with van der Waals surface area (Å²) in [5.74, 6) is 1.16. The van der Waals surface area contributed by atoms with Crippen LogP contribution in [0.25, 0.3) is 16.9 Å². The normalized spacial score (nSPS) is 12.9. The fourth-order valence-electron chi connectivity index (χ4n) is 3.06. The molecule has 0 bridgehead atoms. The third-order valence-electron chi connectivity index (χ3n) is 4.59. The van der Waals surface area contributed by atoms with E-state index in [2.05, 4.69) is 45.9 Å². The first-order valence-electron chi connectivity index (χ1n) is 8.69. The molecule has 0 fully saturated rings. The van der Waals surface area contributed by atoms with Crippen molar-refractivity contribution < 1.29 is 13.2 Å². The minimum absolute atomic E-state index is 0.178. The molecule has 0 amide bonds. The predicted octanol–water partition coefficient (Wildman–Crippen LogP) is 3.98. The van der Waals surface area contributed by atoms with Gasteiger partial charge in [0.1, 0.15) is 18.5 Å². The molecule has 12 heteroatoms. The Bertz CT molecular complexity index is 1200. The fourth-order valence-corrected chi connectivity index (χ4v) is 3.52. The summed E-state index contributed by atoms with van der Waals surface area (Å²) in [6.07, 6.45) is 1.09. The Hall–Kier alpha value is -3.15. The maximum absolute atomic E-state index is 13.5. The van der Waals surface area contributed by atoms with E-state index in [1.807, 2.05) is 6.92 Å². The highest BCUT2D eigenvalue weighted by atomic mass is 79.9. The predicted molar refractivity (Wildman–Crippen MR) is 106 cm³/mol. The molecule has 1 atom stereocenters. The smallest absolute Gasteiger partial charge is 0.349 e. The number of benzene rings is 1. The van der Waals surface area contributed by atoms with Crippen LogP contribution in [-0.2, 0) is 6.18 Å². The first kappa shape index (κ1) is 20.1. The molecule has 4 aromatic rings. The zero-order valence-corrected chi connectivity index (χ0v) is 17.3. The fraction of sp³-hybridized carbons (Fsp3) is 0.222. The molecule has 154 valence electrons. The summed E-state index contributed by atoms with van der Waals surface area (Å²) in [4.78, 5) is 22.5. The van der Waals surface area contributed by atoms with Crippen LogP contribution in [0.5, 0.6) is 0 Å². The number of aromatic nitrogens is 7. The molecule has 8 nitrogen and oxygen atoms in total. The third kappa shape index (κ3) is 3.58. The topological polar surface area (TPSA) is 85.5 Å². The molecular formula is C18H14BrF3N8. The number of nitrogens with zero attached hydrogens (tertiary/aromatic N) is 8. The van der Waals surface area contributed by atoms with Gasteiger partial charge >= 0.3 is 6.18 Å². The molecule has 3 heterocycles. The van der Waals surface area contributed by atoms with Crippen molar-refractivity contribution >= 4 is 32.7 Å². The quantitative estimate of drug-likeness (QED) is 0.438. The highest BCUT2D eigenvalue weighted by Gasteiger charge is 2.34. The van der Waals surface area contributed by atoms with E-state index >= 15 is 0 Å². The van der Waals surface area contributed by atoms with E-state index in [-0.39, 0.29) is 15.4 Å². The van der Waals surface area contributed by atoms with Gasteiger partial charge in [0.05, 0.1) is 17.1 Å². The van der Waals surface area contributed by atoms with Gasteiger partial charge in [0.2, 0.25) is 0 Å². The third-order valence-corrected chi connectivity index (χ3v) is 5.05. The molecule has 4 rings (SSSR count). The first-order valence-corrected chi connectivity index (χ1v) is 9.48. The van der Waals surface area contributed by atoms with Gasteiger partial charge in [-0.1, -0.05) is 15.9 Å². The summed E-state index contributed by atoms with van der Waals surface area (Å²) >= 11 is 3.16. The summed E-state index contributed by atoms with van der Waals surface area (Å²) in [5, 5.41) is 4.43. The van der Waals surface area contributed by atoms with Crippen molar-refractivity contribution in [2.75, 3.05) is 11.9 Å². The Labute approximate surface area is 177 Å². The van der Waals surface area contributed by atoms with E-state index in [1.54, 1.807) is 36.5 Å². The zero-order valence-electron chi connectivity index (χ0n) is 15.7. The number of fused-ring (bicyclic) bond motifs is 1. The number of hydrogen-bond donors (Lipinski definition) is 0. The molecule has 3 aromatic heterocycles. The molecule has 1 aromatic carbocycles. The van der Waals surface area contributed by atoms with Crippen molar-refractivity contribution in [3.05, 3.63) is 59.1 Å². The highest BCUT2D eigenvalue weighted by Crippen LogP contribution is 2.39. The monoisotopic (exact) mass is 478 g/mol. The SMILES string of the molecule is C[C@@H](c1ncnn1-c1ncccn1)N(C)c1ncnc2c(C(F)(F)F)cc(Br)cc12. The Kier molecular flexibility index (Phi) is 5.10. The second-order valence-electron chi connectivity index (χ2n) is 6.41. The molecule has 0 spiro atoms. The van der Waals surface area contributed by atoms with Crippen LogP contribution >= 0.6 is 15.9 Å². The van der Waals surface area contributed by atoms with Crippen molar-refractivity contribution in [3.63, 3.8) is 0 Å². The molecule has 0 saturated carbocycles. The van der Waals surface area contributed by atoms with Crippen LogP contribution in [0.3, 0.4) is 0 Å². The Balaban J connectivity index is 1.81. The van der Waals surface area contributed by atoms with Crippen molar-refractivity contribution in [2.24, 2.45) is 0 Å². The lowest BCUT2D eigenvalue weighted by Gasteiger charge is -2.26. The lowest BCUT2D eigenvalue weighted by atomic mass is 10.1. The van der Waals surface area contributed by atoms with Gasteiger partial charge in [0, 0.05) is 29.3 Å². The molecule has 0 saturated heterocycles. The maximum Gasteiger partial charge on any atom is 0.418 e. The molecule has 0 aliphatic heterocycles. The Morgan fingerprint density at radius 3 is 2.47 bits per heavy atom. The second kappa shape index (κ2) is 7.59. The van der Waals surface area contributed by atoms with E-state index in [0.29, 0.717) is 17.6 Å². The minimum Gasteiger partial charge on any atom is -0.349 e. The number of rotatable bonds is 4. The summed E-state index contributed by atoms with van der Waals surface area (Å²) in [5.41, 5.74) is -1.01. The second-order valence-corrected chi connectivity index (χ2v) is 7.33. The Morgan fingerprint density at radius 2 is 1.77 bits per heavy atom. The summed E-state index contributed by atoms with van der Waals surface area (Å²) < 4.78 is 42.3. The molecule has 0 aliphatic carbocycles. The standard InChI is InChI=1S/C18H14BrF3N8/c1-10(15-27-9-28-30(15)17-23-4-3-5-24-17)29(2)16-12-6-11(19)7-13(18(20,21)22)14(12)25-8-26-16/h3-10H,1-2H3/t10-/m0/s1. The van der Waals surface area contributed by atoms with Crippen LogP contribution in [0, 0.1) is 0 Å². The number of anilines is 1. The van der Waals surface area contributed by atoms with E-state index in [4.69, 9.17) is 0 Å². The summed E-state index contributed by atoms with van der Waals surface area (Å²) in [6, 6.07) is 3.83. The van der Waals surface area contributed by atoms with E-state index in [0.717, 1.165) is 12.4 Å². The average Bonchev–Trinajstić information content (AvgIpc) is 3.21. The molecule has 0 N–H and O–H groups in total. The van der Waals surface area contributed by atoms with Crippen LogP contribution in [0.2, 0.25) is 0 Å². The molecule has 0 radical (unpaired) electrons. The first-order chi connectivity index (χ1) is 14.3. The molecular weight excluding hydrogens is 465 g/mol. The highest BCUT2D eigenvalue weighted by molar-refractivity contribution is 9.10. The van der Waals surface area contributed by atoms with Gasteiger partial charge in [-0.2, -0.15) is 23.0 Å². The van der Waals surface area contributed by atoms with Crippen LogP contribution in [0.1, 0.15) is 24.4 Å². The van der Waals surface area contributed by atoms with Gasteiger partial charge < -0.3 is 4.90 Å². The minimum atomic E-state index is -4.55. The van der Waals surface area contributed by atoms with Gasteiger partial charge in [0.15, 0.2) is 5.82 Å². The number of alkyl halides is 3. The van der Waals surface area contributed by atoms with Crippen molar-refractivity contribution in [1.82, 2.24) is 34.7 Å². The van der Waals surface area contributed by atoms with Crippen LogP contribution in [0.15, 0.2) is 47.7 Å². The average molecular weight is 479 g/mol. The van der Waals surface area contributed by atoms with Gasteiger partial charge in [-0.25, -0.2) is 24.9 Å². The van der Waals surface area contributed by atoms with Crippen molar-refractivity contribution in [3.8, 4) is 5.95 Å².